The summed E-state index contributed by atoms with van der Waals surface area (Å²) in [6, 6.07) is 4.72. The highest BCUT2D eigenvalue weighted by molar-refractivity contribution is 5.44. The minimum absolute atomic E-state index is 0.00716. The highest BCUT2D eigenvalue weighted by Gasteiger charge is 2.37. The third kappa shape index (κ3) is 2.74. The number of nitrogens with zero attached hydrogens (tertiary/aromatic N) is 1. The van der Waals surface area contributed by atoms with Crippen molar-refractivity contribution < 1.29 is 9.66 Å². The molecule has 0 radical (unpaired) electrons. The fourth-order valence-electron chi connectivity index (χ4n) is 1.85. The van der Waals surface area contributed by atoms with Crippen LogP contribution >= 0.6 is 0 Å². The first-order valence-electron chi connectivity index (χ1n) is 5.64. The monoisotopic (exact) mass is 236 g/mol. The van der Waals surface area contributed by atoms with E-state index in [1.54, 1.807) is 6.07 Å². The maximum absolute atomic E-state index is 10.6. The topological polar surface area (TPSA) is 78.4 Å². The van der Waals surface area contributed by atoms with E-state index in [0.29, 0.717) is 5.75 Å². The molecule has 5 heteroatoms. The molecule has 0 spiro atoms. The van der Waals surface area contributed by atoms with Crippen molar-refractivity contribution in [2.75, 3.05) is 7.11 Å². The van der Waals surface area contributed by atoms with Gasteiger partial charge in [-0.1, -0.05) is 0 Å². The van der Waals surface area contributed by atoms with Gasteiger partial charge in [0, 0.05) is 11.6 Å². The van der Waals surface area contributed by atoms with E-state index in [-0.39, 0.29) is 11.2 Å². The van der Waals surface area contributed by atoms with Crippen LogP contribution in [0.1, 0.15) is 24.8 Å². The number of rotatable bonds is 5. The first kappa shape index (κ1) is 11.9. The third-order valence-electron chi connectivity index (χ3n) is 3.27. The van der Waals surface area contributed by atoms with Gasteiger partial charge in [0.1, 0.15) is 5.75 Å². The van der Waals surface area contributed by atoms with E-state index in [9.17, 15) is 10.1 Å². The van der Waals surface area contributed by atoms with Gasteiger partial charge in [-0.05, 0) is 37.3 Å². The van der Waals surface area contributed by atoms with Crippen molar-refractivity contribution in [3.8, 4) is 5.75 Å². The second-order valence-electron chi connectivity index (χ2n) is 4.62. The Kier molecular flexibility index (Phi) is 3.02. The van der Waals surface area contributed by atoms with Crippen molar-refractivity contribution >= 4 is 5.69 Å². The summed E-state index contributed by atoms with van der Waals surface area (Å²) in [7, 11) is 1.53. The fourth-order valence-corrected chi connectivity index (χ4v) is 1.85. The number of nitro benzene ring substituents is 1. The summed E-state index contributed by atoms with van der Waals surface area (Å²) >= 11 is 0. The van der Waals surface area contributed by atoms with Crippen molar-refractivity contribution in [3.05, 3.63) is 33.9 Å². The van der Waals surface area contributed by atoms with Crippen LogP contribution in [0, 0.1) is 10.1 Å². The molecule has 0 aliphatic heterocycles. The Bertz CT molecular complexity index is 441. The summed E-state index contributed by atoms with van der Waals surface area (Å²) in [4.78, 5) is 10.2. The number of benzene rings is 1. The lowest BCUT2D eigenvalue weighted by atomic mass is 10.0. The lowest BCUT2D eigenvalue weighted by molar-refractivity contribution is -0.384. The summed E-state index contributed by atoms with van der Waals surface area (Å²) < 4.78 is 5.18. The zero-order chi connectivity index (χ0) is 12.5. The first-order chi connectivity index (χ1) is 8.04. The molecule has 0 heterocycles. The molecule has 0 atom stereocenters. The van der Waals surface area contributed by atoms with Gasteiger partial charge < -0.3 is 10.5 Å². The first-order valence-corrected chi connectivity index (χ1v) is 5.64. The minimum atomic E-state index is -0.419. The Hall–Kier alpha value is -1.62. The molecule has 92 valence electrons. The van der Waals surface area contributed by atoms with E-state index < -0.39 is 4.92 Å². The molecular weight excluding hydrogens is 220 g/mol. The van der Waals surface area contributed by atoms with Gasteiger partial charge in [0.2, 0.25) is 0 Å². The van der Waals surface area contributed by atoms with Crippen LogP contribution in [0.2, 0.25) is 0 Å². The molecule has 17 heavy (non-hydrogen) atoms. The average molecular weight is 236 g/mol. The van der Waals surface area contributed by atoms with E-state index in [1.165, 1.54) is 19.2 Å². The Labute approximate surface area is 99.7 Å². The van der Waals surface area contributed by atoms with Gasteiger partial charge in [-0.25, -0.2) is 0 Å². The maximum Gasteiger partial charge on any atom is 0.273 e. The molecule has 0 saturated heterocycles. The van der Waals surface area contributed by atoms with E-state index in [1.807, 2.05) is 0 Å². The molecule has 0 amide bonds. The maximum atomic E-state index is 10.6. The molecule has 1 aromatic rings. The number of aryl methyl sites for hydroxylation is 1. The smallest absolute Gasteiger partial charge is 0.273 e. The minimum Gasteiger partial charge on any atom is -0.496 e. The fraction of sp³-hybridized carbons (Fsp3) is 0.500. The van der Waals surface area contributed by atoms with Gasteiger partial charge in [-0.2, -0.15) is 0 Å². The second kappa shape index (κ2) is 4.33. The van der Waals surface area contributed by atoms with Gasteiger partial charge in [0.25, 0.3) is 5.69 Å². The zero-order valence-electron chi connectivity index (χ0n) is 9.81. The lowest BCUT2D eigenvalue weighted by Gasteiger charge is -2.11. The molecule has 1 aromatic carbocycles. The Morgan fingerprint density at radius 1 is 1.53 bits per heavy atom. The van der Waals surface area contributed by atoms with Crippen molar-refractivity contribution in [2.45, 2.75) is 31.2 Å². The standard InChI is InChI=1S/C12H16N2O3/c1-17-11-8-10(14(15)16)3-2-9(11)4-5-12(13)6-7-12/h2-3,8H,4-7,13H2,1H3. The Morgan fingerprint density at radius 3 is 2.76 bits per heavy atom. The third-order valence-corrected chi connectivity index (χ3v) is 3.27. The lowest BCUT2D eigenvalue weighted by Crippen LogP contribution is -2.22. The van der Waals surface area contributed by atoms with Gasteiger partial charge >= 0.3 is 0 Å². The molecule has 1 aliphatic rings. The average Bonchev–Trinajstić information content (AvgIpc) is 3.05. The number of methoxy groups -OCH3 is 1. The van der Waals surface area contributed by atoms with Crippen LogP contribution < -0.4 is 10.5 Å². The Morgan fingerprint density at radius 2 is 2.24 bits per heavy atom. The van der Waals surface area contributed by atoms with Gasteiger partial charge in [-0.15, -0.1) is 0 Å². The van der Waals surface area contributed by atoms with Crippen LogP contribution in [-0.2, 0) is 6.42 Å². The van der Waals surface area contributed by atoms with Crippen molar-refractivity contribution in [3.63, 3.8) is 0 Å². The van der Waals surface area contributed by atoms with Gasteiger partial charge in [0.05, 0.1) is 18.1 Å². The molecule has 1 fully saturated rings. The van der Waals surface area contributed by atoms with E-state index in [2.05, 4.69) is 0 Å². The highest BCUT2D eigenvalue weighted by atomic mass is 16.6. The van der Waals surface area contributed by atoms with Crippen LogP contribution in [0.5, 0.6) is 5.75 Å². The largest absolute Gasteiger partial charge is 0.496 e. The van der Waals surface area contributed by atoms with Crippen molar-refractivity contribution in [1.82, 2.24) is 0 Å². The zero-order valence-corrected chi connectivity index (χ0v) is 9.81. The van der Waals surface area contributed by atoms with Crippen LogP contribution in [0.3, 0.4) is 0 Å². The molecule has 0 unspecified atom stereocenters. The highest BCUT2D eigenvalue weighted by Crippen LogP contribution is 2.37. The molecular formula is C12H16N2O3. The number of hydrogen-bond acceptors (Lipinski definition) is 4. The molecule has 0 bridgehead atoms. The van der Waals surface area contributed by atoms with E-state index >= 15 is 0 Å². The number of nitrogens with two attached hydrogens (primary N) is 1. The van der Waals surface area contributed by atoms with Crippen LogP contribution in [-0.4, -0.2) is 17.6 Å². The molecule has 5 nitrogen and oxygen atoms in total. The number of ether oxygens (including phenoxy) is 1. The molecule has 2 N–H and O–H groups in total. The molecule has 0 aromatic heterocycles. The van der Waals surface area contributed by atoms with Crippen molar-refractivity contribution in [2.24, 2.45) is 5.73 Å². The number of nitro groups is 1. The SMILES string of the molecule is COc1cc([N+](=O)[O-])ccc1CCC1(N)CC1. The summed E-state index contributed by atoms with van der Waals surface area (Å²) in [5.74, 6) is 0.573. The van der Waals surface area contributed by atoms with E-state index in [4.69, 9.17) is 10.5 Å². The number of hydrogen-bond donors (Lipinski definition) is 1. The van der Waals surface area contributed by atoms with Crippen LogP contribution in [0.4, 0.5) is 5.69 Å². The van der Waals surface area contributed by atoms with Crippen LogP contribution in [0.15, 0.2) is 18.2 Å². The molecule has 1 aliphatic carbocycles. The summed E-state index contributed by atoms with van der Waals surface area (Å²) in [6.07, 6.45) is 3.85. The summed E-state index contributed by atoms with van der Waals surface area (Å²) in [6.45, 7) is 0. The Balaban J connectivity index is 2.12. The quantitative estimate of drug-likeness (QED) is 0.626. The van der Waals surface area contributed by atoms with E-state index in [0.717, 1.165) is 31.2 Å². The molecule has 1 saturated carbocycles. The van der Waals surface area contributed by atoms with Gasteiger partial charge in [0.15, 0.2) is 0 Å². The predicted octanol–water partition coefficient (Wildman–Crippen LogP) is 2.03. The second-order valence-corrected chi connectivity index (χ2v) is 4.62. The summed E-state index contributed by atoms with van der Waals surface area (Å²) in [5.41, 5.74) is 7.04. The van der Waals surface area contributed by atoms with Gasteiger partial charge in [-0.3, -0.25) is 10.1 Å². The normalized spacial score (nSPS) is 16.6. The predicted molar refractivity (Wildman–Crippen MR) is 64.1 cm³/mol. The molecule has 2 rings (SSSR count). The summed E-state index contributed by atoms with van der Waals surface area (Å²) in [5, 5.41) is 10.6. The van der Waals surface area contributed by atoms with Crippen LogP contribution in [0.25, 0.3) is 0 Å². The number of non-ortho nitro benzene ring substituents is 1. The van der Waals surface area contributed by atoms with Crippen molar-refractivity contribution in [1.29, 1.82) is 0 Å².